The van der Waals surface area contributed by atoms with Crippen LogP contribution in [0, 0.1) is 10.1 Å². The highest BCUT2D eigenvalue weighted by Gasteiger charge is 2.36. The SMILES string of the molecule is O=C1c2ccc([N+](=O)[O-])cc2C(=O)N1CCCCNCc1ccccc1. The Labute approximate surface area is 150 Å². The Morgan fingerprint density at radius 1 is 0.962 bits per heavy atom. The minimum Gasteiger partial charge on any atom is -0.313 e. The lowest BCUT2D eigenvalue weighted by Gasteiger charge is -2.13. The summed E-state index contributed by atoms with van der Waals surface area (Å²) in [6.07, 6.45) is 1.50. The van der Waals surface area contributed by atoms with E-state index >= 15 is 0 Å². The van der Waals surface area contributed by atoms with Crippen LogP contribution in [0.15, 0.2) is 48.5 Å². The van der Waals surface area contributed by atoms with E-state index in [0.717, 1.165) is 19.5 Å². The lowest BCUT2D eigenvalue weighted by atomic mass is 10.1. The van der Waals surface area contributed by atoms with Crippen LogP contribution in [0.2, 0.25) is 0 Å². The molecule has 134 valence electrons. The van der Waals surface area contributed by atoms with Gasteiger partial charge in [0.2, 0.25) is 0 Å². The molecule has 0 bridgehead atoms. The number of carbonyl (C=O) groups excluding carboxylic acids is 2. The number of hydrogen-bond acceptors (Lipinski definition) is 5. The zero-order valence-electron chi connectivity index (χ0n) is 14.2. The average molecular weight is 353 g/mol. The minimum absolute atomic E-state index is 0.117. The van der Waals surface area contributed by atoms with E-state index in [1.54, 1.807) is 0 Å². The summed E-state index contributed by atoms with van der Waals surface area (Å²) in [6.45, 7) is 1.87. The summed E-state index contributed by atoms with van der Waals surface area (Å²) >= 11 is 0. The number of amides is 2. The van der Waals surface area contributed by atoms with Crippen molar-refractivity contribution in [3.63, 3.8) is 0 Å². The maximum absolute atomic E-state index is 12.4. The van der Waals surface area contributed by atoms with Crippen LogP contribution in [0.1, 0.15) is 39.1 Å². The topological polar surface area (TPSA) is 92.5 Å². The van der Waals surface area contributed by atoms with Crippen molar-refractivity contribution in [1.82, 2.24) is 10.2 Å². The lowest BCUT2D eigenvalue weighted by Crippen LogP contribution is -2.31. The summed E-state index contributed by atoms with van der Waals surface area (Å²) in [5.74, 6) is -0.830. The quantitative estimate of drug-likeness (QED) is 0.341. The van der Waals surface area contributed by atoms with Crippen LogP contribution in [0.5, 0.6) is 0 Å². The Morgan fingerprint density at radius 2 is 1.69 bits per heavy atom. The van der Waals surface area contributed by atoms with Gasteiger partial charge >= 0.3 is 0 Å². The number of rotatable bonds is 8. The van der Waals surface area contributed by atoms with E-state index in [1.807, 2.05) is 30.3 Å². The van der Waals surface area contributed by atoms with E-state index in [0.29, 0.717) is 13.0 Å². The van der Waals surface area contributed by atoms with Gasteiger partial charge in [0.15, 0.2) is 0 Å². The molecule has 7 nitrogen and oxygen atoms in total. The fourth-order valence-corrected chi connectivity index (χ4v) is 2.94. The number of fused-ring (bicyclic) bond motifs is 1. The maximum atomic E-state index is 12.4. The zero-order chi connectivity index (χ0) is 18.5. The molecule has 0 spiro atoms. The summed E-state index contributed by atoms with van der Waals surface area (Å²) in [6, 6.07) is 13.8. The predicted octanol–water partition coefficient (Wildman–Crippen LogP) is 2.76. The Morgan fingerprint density at radius 3 is 2.42 bits per heavy atom. The number of benzene rings is 2. The van der Waals surface area contributed by atoms with Crippen molar-refractivity contribution in [1.29, 1.82) is 0 Å². The van der Waals surface area contributed by atoms with Crippen LogP contribution in [0.3, 0.4) is 0 Å². The molecule has 2 aromatic rings. The number of nitrogens with zero attached hydrogens (tertiary/aromatic N) is 2. The van der Waals surface area contributed by atoms with Crippen LogP contribution in [-0.2, 0) is 6.54 Å². The lowest BCUT2D eigenvalue weighted by molar-refractivity contribution is -0.384. The third-order valence-electron chi connectivity index (χ3n) is 4.32. The number of nitro benzene ring substituents is 1. The minimum atomic E-state index is -0.570. The average Bonchev–Trinajstić information content (AvgIpc) is 2.89. The number of imide groups is 1. The van der Waals surface area contributed by atoms with Crippen molar-refractivity contribution in [3.05, 3.63) is 75.3 Å². The van der Waals surface area contributed by atoms with E-state index < -0.39 is 10.8 Å². The van der Waals surface area contributed by atoms with Crippen molar-refractivity contribution in [3.8, 4) is 0 Å². The first-order chi connectivity index (χ1) is 12.6. The molecule has 1 aliphatic rings. The third kappa shape index (κ3) is 3.78. The van der Waals surface area contributed by atoms with Gasteiger partial charge in [-0.25, -0.2) is 0 Å². The monoisotopic (exact) mass is 353 g/mol. The molecule has 2 aromatic carbocycles. The van der Waals surface area contributed by atoms with Crippen molar-refractivity contribution in [2.45, 2.75) is 19.4 Å². The summed E-state index contributed by atoms with van der Waals surface area (Å²) < 4.78 is 0. The maximum Gasteiger partial charge on any atom is 0.270 e. The third-order valence-corrected chi connectivity index (χ3v) is 4.32. The highest BCUT2D eigenvalue weighted by molar-refractivity contribution is 6.21. The highest BCUT2D eigenvalue weighted by Crippen LogP contribution is 2.26. The van der Waals surface area contributed by atoms with Crippen molar-refractivity contribution >= 4 is 17.5 Å². The molecule has 0 aliphatic carbocycles. The Balaban J connectivity index is 1.47. The number of unbranched alkanes of at least 4 members (excludes halogenated alkanes) is 1. The summed E-state index contributed by atoms with van der Waals surface area (Å²) in [4.78, 5) is 36.1. The molecule has 2 amide bonds. The molecule has 0 saturated carbocycles. The second kappa shape index (κ2) is 7.88. The molecule has 7 heteroatoms. The van der Waals surface area contributed by atoms with Gasteiger partial charge in [0.1, 0.15) is 0 Å². The van der Waals surface area contributed by atoms with Gasteiger partial charge in [-0.05, 0) is 31.0 Å². The Hall–Kier alpha value is -3.06. The number of nitro groups is 1. The fourth-order valence-electron chi connectivity index (χ4n) is 2.94. The van der Waals surface area contributed by atoms with Crippen molar-refractivity contribution < 1.29 is 14.5 Å². The van der Waals surface area contributed by atoms with E-state index in [4.69, 9.17) is 0 Å². The van der Waals surface area contributed by atoms with E-state index in [1.165, 1.54) is 28.7 Å². The predicted molar refractivity (Wildman–Crippen MR) is 95.8 cm³/mol. The normalized spacial score (nSPS) is 13.2. The van der Waals surface area contributed by atoms with Crippen LogP contribution in [-0.4, -0.2) is 34.7 Å². The number of nitrogens with one attached hydrogen (secondary N) is 1. The van der Waals surface area contributed by atoms with Crippen molar-refractivity contribution in [2.75, 3.05) is 13.1 Å². The van der Waals surface area contributed by atoms with Gasteiger partial charge in [-0.2, -0.15) is 0 Å². The van der Waals surface area contributed by atoms with Gasteiger partial charge in [0, 0.05) is 25.2 Å². The largest absolute Gasteiger partial charge is 0.313 e. The molecule has 0 radical (unpaired) electrons. The number of carbonyl (C=O) groups is 2. The molecule has 0 atom stereocenters. The van der Waals surface area contributed by atoms with Gasteiger partial charge in [-0.3, -0.25) is 24.6 Å². The Kier molecular flexibility index (Phi) is 5.38. The van der Waals surface area contributed by atoms with Gasteiger partial charge in [0.25, 0.3) is 17.5 Å². The molecule has 26 heavy (non-hydrogen) atoms. The molecule has 3 rings (SSSR count). The summed E-state index contributed by atoms with van der Waals surface area (Å²) in [5, 5.41) is 14.2. The highest BCUT2D eigenvalue weighted by atomic mass is 16.6. The van der Waals surface area contributed by atoms with Crippen LogP contribution in [0.25, 0.3) is 0 Å². The molecule has 0 fully saturated rings. The number of hydrogen-bond donors (Lipinski definition) is 1. The standard InChI is InChI=1S/C19H19N3O4/c23-18-16-9-8-15(22(25)26)12-17(16)19(24)21(18)11-5-4-10-20-13-14-6-2-1-3-7-14/h1-3,6-9,12,20H,4-5,10-11,13H2. The molecule has 0 saturated heterocycles. The summed E-state index contributed by atoms with van der Waals surface area (Å²) in [5.41, 5.74) is 1.38. The molecule has 1 N–H and O–H groups in total. The molecular formula is C19H19N3O4. The fraction of sp³-hybridized carbons (Fsp3) is 0.263. The molecule has 0 aromatic heterocycles. The molecule has 1 aliphatic heterocycles. The van der Waals surface area contributed by atoms with Gasteiger partial charge < -0.3 is 5.32 Å². The zero-order valence-corrected chi connectivity index (χ0v) is 14.2. The van der Waals surface area contributed by atoms with Gasteiger partial charge in [-0.15, -0.1) is 0 Å². The molecular weight excluding hydrogens is 334 g/mol. The summed E-state index contributed by atoms with van der Waals surface area (Å²) in [7, 11) is 0. The van der Waals surface area contributed by atoms with Crippen LogP contribution >= 0.6 is 0 Å². The first kappa shape index (κ1) is 17.8. The van der Waals surface area contributed by atoms with Crippen LogP contribution < -0.4 is 5.32 Å². The molecule has 1 heterocycles. The number of non-ortho nitro benzene ring substituents is 1. The van der Waals surface area contributed by atoms with Crippen molar-refractivity contribution in [2.24, 2.45) is 0 Å². The Bertz CT molecular complexity index is 836. The molecule has 0 unspecified atom stereocenters. The first-order valence-corrected chi connectivity index (χ1v) is 8.47. The van der Waals surface area contributed by atoms with E-state index in [-0.39, 0.29) is 22.7 Å². The van der Waals surface area contributed by atoms with E-state index in [2.05, 4.69) is 5.32 Å². The smallest absolute Gasteiger partial charge is 0.270 e. The van der Waals surface area contributed by atoms with Crippen LogP contribution in [0.4, 0.5) is 5.69 Å². The second-order valence-corrected chi connectivity index (χ2v) is 6.12. The second-order valence-electron chi connectivity index (χ2n) is 6.12. The van der Waals surface area contributed by atoms with E-state index in [9.17, 15) is 19.7 Å². The van der Waals surface area contributed by atoms with Gasteiger partial charge in [0.05, 0.1) is 16.1 Å². The first-order valence-electron chi connectivity index (χ1n) is 8.47. The van der Waals surface area contributed by atoms with Gasteiger partial charge in [-0.1, -0.05) is 30.3 Å².